The van der Waals surface area contributed by atoms with E-state index in [1.54, 1.807) is 0 Å². The van der Waals surface area contributed by atoms with E-state index in [1.165, 1.54) is 18.2 Å². The molecule has 1 unspecified atom stereocenters. The first-order valence-corrected chi connectivity index (χ1v) is 8.38. The van der Waals surface area contributed by atoms with Crippen LogP contribution in [0.1, 0.15) is 15.9 Å². The van der Waals surface area contributed by atoms with Gasteiger partial charge in [-0.25, -0.2) is 13.2 Å². The van der Waals surface area contributed by atoms with E-state index >= 15 is 0 Å². The van der Waals surface area contributed by atoms with Crippen molar-refractivity contribution in [2.24, 2.45) is 0 Å². The normalized spacial score (nSPS) is 12.6. The number of benzene rings is 2. The molecule has 0 saturated carbocycles. The molecule has 0 aliphatic heterocycles. The van der Waals surface area contributed by atoms with Gasteiger partial charge in [0.2, 0.25) is 0 Å². The lowest BCUT2D eigenvalue weighted by Gasteiger charge is -2.13. The number of carbonyl (C=O) groups excluding carboxylic acids is 1. The van der Waals surface area contributed by atoms with Crippen LogP contribution < -0.4 is 5.73 Å². The van der Waals surface area contributed by atoms with Crippen molar-refractivity contribution in [2.45, 2.75) is 17.4 Å². The molecule has 2 aromatic carbocycles. The molecule has 0 amide bonds. The number of hydrogen-bond acceptors (Lipinski definition) is 5. The average molecular weight is 335 g/mol. The molecule has 2 rings (SSSR count). The summed E-state index contributed by atoms with van der Waals surface area (Å²) < 4.78 is 38.6. The Kier molecular flexibility index (Phi) is 5.49. The van der Waals surface area contributed by atoms with Crippen LogP contribution >= 0.6 is 0 Å². The molecular formula is C16H17NO5S. The number of rotatable bonds is 6. The summed E-state index contributed by atoms with van der Waals surface area (Å²) in [6.07, 6.45) is 0.621. The van der Waals surface area contributed by atoms with Crippen molar-refractivity contribution in [3.63, 3.8) is 0 Å². The van der Waals surface area contributed by atoms with Crippen LogP contribution in [0, 0.1) is 0 Å². The minimum Gasteiger partial charge on any atom is -0.744 e. The number of esters is 1. The molecule has 0 radical (unpaired) electrons. The van der Waals surface area contributed by atoms with Gasteiger partial charge in [0.1, 0.15) is 22.8 Å². The van der Waals surface area contributed by atoms with Crippen LogP contribution in [0.2, 0.25) is 0 Å². The zero-order valence-corrected chi connectivity index (χ0v) is 13.2. The Morgan fingerprint density at radius 3 is 2.35 bits per heavy atom. The van der Waals surface area contributed by atoms with Crippen LogP contribution in [0.25, 0.3) is 0 Å². The Morgan fingerprint density at radius 1 is 1.09 bits per heavy atom. The quantitative estimate of drug-likeness (QED) is 0.614. The molecule has 0 aromatic heterocycles. The summed E-state index contributed by atoms with van der Waals surface area (Å²) in [6.45, 7) is 0.0287. The molecule has 6 nitrogen and oxygen atoms in total. The molecule has 0 saturated heterocycles. The second-order valence-electron chi connectivity index (χ2n) is 5.10. The molecule has 2 aromatic rings. The standard InChI is InChI=1S/C16H17NO5S/c17-13(10-12-6-2-1-3-7-12)11-22-16(18)14-8-4-5-9-15(14)23(19,20)21/h1-9,13H,10-11,17H2,(H,19,20,21). The van der Waals surface area contributed by atoms with E-state index in [2.05, 4.69) is 5.73 Å². The van der Waals surface area contributed by atoms with E-state index in [1.807, 2.05) is 30.3 Å². The van der Waals surface area contributed by atoms with E-state index in [9.17, 15) is 17.8 Å². The number of hydrogen-bond donors (Lipinski definition) is 1. The van der Waals surface area contributed by atoms with Gasteiger partial charge in [0.15, 0.2) is 0 Å². The van der Waals surface area contributed by atoms with Crippen molar-refractivity contribution in [1.82, 2.24) is 0 Å². The highest BCUT2D eigenvalue weighted by atomic mass is 32.2. The SMILES string of the molecule is [NH3+]C(COC(=O)c1ccccc1S(=O)(=O)[O-])Cc1ccccc1. The Bertz CT molecular complexity index is 774. The lowest BCUT2D eigenvalue weighted by molar-refractivity contribution is -0.424. The molecule has 3 N–H and O–H groups in total. The van der Waals surface area contributed by atoms with Gasteiger partial charge in [0.05, 0.1) is 10.5 Å². The molecule has 23 heavy (non-hydrogen) atoms. The summed E-state index contributed by atoms with van der Waals surface area (Å²) in [6, 6.07) is 14.6. The highest BCUT2D eigenvalue weighted by molar-refractivity contribution is 7.85. The van der Waals surface area contributed by atoms with Gasteiger partial charge in [0, 0.05) is 6.42 Å². The monoisotopic (exact) mass is 335 g/mol. The topological polar surface area (TPSA) is 111 Å². The van der Waals surface area contributed by atoms with Crippen LogP contribution in [0.4, 0.5) is 0 Å². The fourth-order valence-electron chi connectivity index (χ4n) is 2.13. The van der Waals surface area contributed by atoms with Crippen molar-refractivity contribution >= 4 is 16.1 Å². The maximum atomic E-state index is 12.0. The molecule has 0 spiro atoms. The second kappa shape index (κ2) is 7.36. The Balaban J connectivity index is 2.00. The van der Waals surface area contributed by atoms with E-state index < -0.39 is 21.0 Å². The second-order valence-corrected chi connectivity index (χ2v) is 6.45. The summed E-state index contributed by atoms with van der Waals surface area (Å²) in [5, 5.41) is 0. The number of ether oxygens (including phenoxy) is 1. The minimum absolute atomic E-state index is 0.0287. The predicted octanol–water partition coefficient (Wildman–Crippen LogP) is 0.601. The van der Waals surface area contributed by atoms with Crippen LogP contribution in [-0.2, 0) is 21.3 Å². The van der Waals surface area contributed by atoms with Gasteiger partial charge < -0.3 is 15.0 Å². The Morgan fingerprint density at radius 2 is 1.70 bits per heavy atom. The molecule has 0 fully saturated rings. The van der Waals surface area contributed by atoms with Crippen molar-refractivity contribution < 1.29 is 28.2 Å². The van der Waals surface area contributed by atoms with Crippen molar-refractivity contribution in [1.29, 1.82) is 0 Å². The summed E-state index contributed by atoms with van der Waals surface area (Å²) in [5.74, 6) is -0.846. The lowest BCUT2D eigenvalue weighted by Crippen LogP contribution is -2.64. The molecule has 1 atom stereocenters. The van der Waals surface area contributed by atoms with Gasteiger partial charge in [-0.05, 0) is 17.7 Å². The van der Waals surface area contributed by atoms with Gasteiger partial charge in [0.25, 0.3) is 0 Å². The van der Waals surface area contributed by atoms with Crippen molar-refractivity contribution in [3.05, 3.63) is 65.7 Å². The average Bonchev–Trinajstić information content (AvgIpc) is 2.53. The van der Waals surface area contributed by atoms with Crippen LogP contribution in [0.15, 0.2) is 59.5 Å². The number of quaternary nitrogens is 1. The first-order chi connectivity index (χ1) is 10.9. The van der Waals surface area contributed by atoms with Gasteiger partial charge in [-0.3, -0.25) is 0 Å². The molecule has 7 heteroatoms. The van der Waals surface area contributed by atoms with Gasteiger partial charge in [-0.15, -0.1) is 0 Å². The third-order valence-corrected chi connectivity index (χ3v) is 4.09. The largest absolute Gasteiger partial charge is 0.744 e. The van der Waals surface area contributed by atoms with Crippen molar-refractivity contribution in [3.8, 4) is 0 Å². The zero-order valence-electron chi connectivity index (χ0n) is 12.3. The fourth-order valence-corrected chi connectivity index (χ4v) is 2.80. The van der Waals surface area contributed by atoms with Gasteiger partial charge in [-0.1, -0.05) is 42.5 Å². The molecule has 0 aliphatic rings. The summed E-state index contributed by atoms with van der Waals surface area (Å²) in [4.78, 5) is 11.4. The Hall–Kier alpha value is -2.22. The Labute approximate surface area is 134 Å². The van der Waals surface area contributed by atoms with Crippen LogP contribution in [0.5, 0.6) is 0 Å². The summed E-state index contributed by atoms with van der Waals surface area (Å²) in [7, 11) is -4.73. The molecule has 122 valence electrons. The summed E-state index contributed by atoms with van der Waals surface area (Å²) >= 11 is 0. The molecule has 0 bridgehead atoms. The minimum atomic E-state index is -4.73. The van der Waals surface area contributed by atoms with Gasteiger partial charge in [-0.2, -0.15) is 0 Å². The summed E-state index contributed by atoms with van der Waals surface area (Å²) in [5.41, 5.74) is 4.72. The lowest BCUT2D eigenvalue weighted by atomic mass is 10.1. The third-order valence-electron chi connectivity index (χ3n) is 3.19. The highest BCUT2D eigenvalue weighted by Crippen LogP contribution is 2.16. The third kappa shape index (κ3) is 4.88. The smallest absolute Gasteiger partial charge is 0.339 e. The highest BCUT2D eigenvalue weighted by Gasteiger charge is 2.18. The van der Waals surface area contributed by atoms with Gasteiger partial charge >= 0.3 is 5.97 Å². The first-order valence-electron chi connectivity index (χ1n) is 6.97. The molecule has 0 heterocycles. The fraction of sp³-hybridized carbons (Fsp3) is 0.188. The van der Waals surface area contributed by atoms with Crippen LogP contribution in [-0.4, -0.2) is 31.6 Å². The maximum Gasteiger partial charge on any atom is 0.339 e. The number of carbonyl (C=O) groups is 1. The van der Waals surface area contributed by atoms with E-state index in [0.717, 1.165) is 11.6 Å². The van der Waals surface area contributed by atoms with Crippen LogP contribution in [0.3, 0.4) is 0 Å². The van der Waals surface area contributed by atoms with E-state index in [-0.39, 0.29) is 18.2 Å². The molecular weight excluding hydrogens is 318 g/mol. The first kappa shape index (κ1) is 17.1. The van der Waals surface area contributed by atoms with E-state index in [0.29, 0.717) is 6.42 Å². The maximum absolute atomic E-state index is 12.0. The molecule has 0 aliphatic carbocycles. The predicted molar refractivity (Wildman–Crippen MR) is 81.5 cm³/mol. The van der Waals surface area contributed by atoms with Crippen molar-refractivity contribution in [2.75, 3.05) is 6.61 Å². The van der Waals surface area contributed by atoms with E-state index in [4.69, 9.17) is 4.74 Å². The zero-order chi connectivity index (χ0) is 16.9.